The number of Topliss-reactive ketones (excluding diaryl/α,β-unsaturated/α-hetero) is 1. The van der Waals surface area contributed by atoms with Crippen molar-refractivity contribution in [3.8, 4) is 6.07 Å². The van der Waals surface area contributed by atoms with E-state index in [4.69, 9.17) is 31.2 Å². The van der Waals surface area contributed by atoms with E-state index < -0.39 is 41.7 Å². The van der Waals surface area contributed by atoms with E-state index in [1.165, 1.54) is 90.7 Å². The number of allylic oxidation sites excluding steroid dienone is 20. The Labute approximate surface area is 879 Å². The Kier molecular flexibility index (Phi) is 34.1. The highest BCUT2D eigenvalue weighted by molar-refractivity contribution is 8.26. The third-order valence-electron chi connectivity index (χ3n) is 27.0. The summed E-state index contributed by atoms with van der Waals surface area (Å²) >= 11 is 6.71. The number of thiocarbonyl (C=S) groups is 1. The molecule has 0 saturated carbocycles. The van der Waals surface area contributed by atoms with Crippen molar-refractivity contribution in [3.05, 3.63) is 419 Å². The van der Waals surface area contributed by atoms with Crippen molar-refractivity contribution in [3.63, 3.8) is 0 Å². The Bertz CT molecular complexity index is 7030. The molecule has 8 amide bonds. The summed E-state index contributed by atoms with van der Waals surface area (Å²) in [6.45, 7) is 17.0. The second-order valence-electron chi connectivity index (χ2n) is 37.3. The number of barbiturate groups is 1. The number of halogens is 3. The fourth-order valence-electron chi connectivity index (χ4n) is 19.2. The maximum atomic E-state index is 13.7. The van der Waals surface area contributed by atoms with E-state index in [9.17, 15) is 52.0 Å². The van der Waals surface area contributed by atoms with Crippen LogP contribution in [0, 0.1) is 11.3 Å². The number of benzene rings is 8. The lowest BCUT2D eigenvalue weighted by Crippen LogP contribution is -2.56. The molecule has 27 heteroatoms. The van der Waals surface area contributed by atoms with Crippen molar-refractivity contribution in [1.29, 1.82) is 5.26 Å². The lowest BCUT2D eigenvalue weighted by Gasteiger charge is -2.33. The largest absolute Gasteiger partial charge is 0.462 e. The highest BCUT2D eigenvalue weighted by Gasteiger charge is 2.46. The van der Waals surface area contributed by atoms with Gasteiger partial charge in [0.05, 0.1) is 10.5 Å². The number of carbonyl (C=O) groups is 7. The number of piperidine rings is 2. The van der Waals surface area contributed by atoms with E-state index in [-0.39, 0.29) is 66.4 Å². The topological polar surface area (TPSA) is 213 Å². The van der Waals surface area contributed by atoms with Gasteiger partial charge in [0.2, 0.25) is 5.76 Å². The smallest absolute Gasteiger partial charge is 0.449 e. The van der Waals surface area contributed by atoms with Crippen LogP contribution in [0.15, 0.2) is 363 Å². The number of alkyl halides is 3. The molecular weight excluding hydrogens is 1920 g/mol. The lowest BCUT2D eigenvalue weighted by molar-refractivity contribution is -0.136. The molecule has 10 heterocycles. The number of thioether (sulfide) groups is 1. The van der Waals surface area contributed by atoms with Crippen molar-refractivity contribution in [2.24, 2.45) is 0 Å². The normalized spacial score (nSPS) is 19.6. The second kappa shape index (κ2) is 48.1. The number of hydrogen-bond donors (Lipinski definition) is 0. The summed E-state index contributed by atoms with van der Waals surface area (Å²) in [6, 6.07) is 67.9. The van der Waals surface area contributed by atoms with E-state index in [0.29, 0.717) is 55.5 Å². The molecular formula is C122H120F3N11O11S2. The van der Waals surface area contributed by atoms with Gasteiger partial charge in [0, 0.05) is 168 Å². The number of imide groups is 3. The molecule has 1 aliphatic carbocycles. The molecule has 5 fully saturated rings. The number of likely N-dealkylation sites (N-methyl/N-ethyl adjacent to an activating group) is 5. The highest BCUT2D eigenvalue weighted by Crippen LogP contribution is 2.47. The van der Waals surface area contributed by atoms with Gasteiger partial charge in [-0.2, -0.15) is 18.4 Å². The maximum Gasteiger partial charge on any atom is 0.449 e. The van der Waals surface area contributed by atoms with Crippen molar-refractivity contribution in [1.82, 2.24) is 24.5 Å². The molecule has 10 aliphatic heterocycles. The number of carbonyl (C=O) groups excluding carboxylic acids is 7. The van der Waals surface area contributed by atoms with Crippen LogP contribution < -0.4 is 24.5 Å². The van der Waals surface area contributed by atoms with Crippen LogP contribution in [0.4, 0.5) is 51.2 Å². The standard InChI is InChI=1S/C33H36N4O4.C33H29NO2.C30H27N3O2S2.C26H28F3N3O3/c1-7-36-31(38)30(32(39)37(8-2)33(36)40)25-21-28(19-13-23-9-15-26(16-10-23)34(3)4)41-29(22-25)20-14-24-11-17-27(18-12-24)35(5)6;1-22-19-26(21-27(36-22)16-14-23-15-17-30-25(20-23)11-8-18-34(30)2)32-31(24-9-4-3-5-10-24)28-12-6-7-13-29(28)33(32)35;1-2-33-29(34)28(37-30(33)36)23-18-26(22-9-5-3-6-10-22)35-27(19-23)24(20-31)17-21-11-13-25(14-12-21)32-15-7-4-8-16-32;1-3-31-23(24(33)32(4-2)25(31)34)19-16-21(35-22(17-19)26(27,28)29)13-10-18-8-11-20(12-9-18)30-14-6-5-7-15-30/h9-22H,7-8H2,1-6H3;3-7,9-10,12-17,19-21,31H,8,11,18H2,1-2H3;3,5-6,9-14,17-19H,2,4,7-8,15-16H2,1H3;8-13,16-17H,3-7,14-15H2,1-2H3/b;16-14?,32-26+;24-17?,28-23-;13-10?,23-19+. The first-order valence-corrected chi connectivity index (χ1v) is 51.7. The zero-order valence-corrected chi connectivity index (χ0v) is 87.2. The number of fused-ring (bicyclic) bond motifs is 2. The minimum absolute atomic E-state index is 0.0141. The molecule has 1 unspecified atom stereocenters. The number of anilines is 5. The van der Waals surface area contributed by atoms with Crippen LogP contribution in [0.25, 0.3) is 36.1 Å². The van der Waals surface area contributed by atoms with Gasteiger partial charge in [0.1, 0.15) is 62.0 Å². The molecule has 762 valence electrons. The first-order chi connectivity index (χ1) is 72.0. The van der Waals surface area contributed by atoms with E-state index in [2.05, 4.69) is 82.4 Å². The number of aryl methyl sites for hydroxylation is 1. The van der Waals surface area contributed by atoms with Gasteiger partial charge in [-0.25, -0.2) is 9.59 Å². The van der Waals surface area contributed by atoms with Gasteiger partial charge in [-0.1, -0.05) is 188 Å². The average Bonchev–Trinajstić information content (AvgIpc) is 1.64. The van der Waals surface area contributed by atoms with Crippen LogP contribution in [0.2, 0.25) is 0 Å². The molecule has 5 saturated heterocycles. The van der Waals surface area contributed by atoms with Gasteiger partial charge >= 0.3 is 18.2 Å². The monoisotopic (exact) mass is 2040 g/mol. The number of rotatable bonds is 21. The Morgan fingerprint density at radius 1 is 0.463 bits per heavy atom. The molecule has 0 bridgehead atoms. The molecule has 1 atom stereocenters. The number of urea groups is 2. The fraction of sp³-hybridized carbons (Fsp3) is 0.254. The Balaban J connectivity index is 0.000000142. The summed E-state index contributed by atoms with van der Waals surface area (Å²) in [4.78, 5) is 109. The number of ether oxygens (including phenoxy) is 4. The zero-order chi connectivity index (χ0) is 105. The van der Waals surface area contributed by atoms with Crippen LogP contribution >= 0.6 is 24.0 Å². The Morgan fingerprint density at radius 2 is 0.940 bits per heavy atom. The van der Waals surface area contributed by atoms with Crippen LogP contribution in [0.3, 0.4) is 0 Å². The van der Waals surface area contributed by atoms with Crippen molar-refractivity contribution < 1.29 is 65.7 Å². The van der Waals surface area contributed by atoms with Crippen LogP contribution in [-0.4, -0.2) is 177 Å². The number of hydrogen-bond acceptors (Lipinski definition) is 19. The number of nitrogens with zero attached hydrogens (tertiary/aromatic N) is 11. The minimum atomic E-state index is -4.76. The molecule has 8 aromatic carbocycles. The van der Waals surface area contributed by atoms with Gasteiger partial charge in [-0.05, 0) is 283 Å². The predicted molar refractivity (Wildman–Crippen MR) is 591 cm³/mol. The molecule has 0 aromatic heterocycles. The molecule has 0 spiro atoms. The van der Waals surface area contributed by atoms with Gasteiger partial charge in [-0.15, -0.1) is 0 Å². The molecule has 19 rings (SSSR count). The summed E-state index contributed by atoms with van der Waals surface area (Å²) < 4.78 is 64.9. The zero-order valence-electron chi connectivity index (χ0n) is 85.5. The Morgan fingerprint density at radius 3 is 1.47 bits per heavy atom. The Hall–Kier alpha value is -16.1. The third kappa shape index (κ3) is 24.8. The summed E-state index contributed by atoms with van der Waals surface area (Å²) in [5.74, 6) is 0.139. The highest BCUT2D eigenvalue weighted by atomic mass is 32.2. The first kappa shape index (κ1) is 106. The number of amides is 8. The van der Waals surface area contributed by atoms with Crippen molar-refractivity contribution in [2.45, 2.75) is 105 Å². The van der Waals surface area contributed by atoms with Gasteiger partial charge in [0.25, 0.3) is 23.6 Å². The van der Waals surface area contributed by atoms with Crippen LogP contribution in [-0.2, 0) is 44.5 Å². The molecule has 0 radical (unpaired) electrons. The fourth-order valence-corrected chi connectivity index (χ4v) is 20.6. The molecule has 22 nitrogen and oxygen atoms in total. The average molecular weight is 2040 g/mol. The van der Waals surface area contributed by atoms with Gasteiger partial charge < -0.3 is 43.4 Å². The summed E-state index contributed by atoms with van der Waals surface area (Å²) in [5.41, 5.74) is 18.9. The SMILES string of the molecule is CC1=C/C(=C2\C(=O)c3ccccc3C2c2ccccc2)C=C(C=Cc2ccc3c(c2)CCCN3C)O1.CCN1C(=O)/C(=C2/C=C(C(C#N)=Cc3ccc(N4CCCCC4)cc3)OC(c3ccccc3)=C2)SC1=S.CCN1C(=O)/C(=C2/C=C(C=Cc3ccc(N4CCCCC4)cc3)OC(C(F)(F)F)=C2)N(CC)C1=O.CCN1C(=O)C(=C2C=C(C=Cc3ccc(N(C)C)cc3)OC(C=Cc3ccc(N(C)C)cc3)=C2)C(=O)N(CC)C1=O. The van der Waals surface area contributed by atoms with E-state index in [0.717, 1.165) is 150 Å². The summed E-state index contributed by atoms with van der Waals surface area (Å²) in [5, 5.41) is 10.1. The van der Waals surface area contributed by atoms with E-state index >= 15 is 0 Å². The third-order valence-corrected chi connectivity index (χ3v) is 28.5. The second-order valence-corrected chi connectivity index (χ2v) is 39.0. The molecule has 11 aliphatic rings. The summed E-state index contributed by atoms with van der Waals surface area (Å²) in [6.07, 6.45) is 34.4. The van der Waals surface area contributed by atoms with Crippen LogP contribution in [0.1, 0.15) is 153 Å². The van der Waals surface area contributed by atoms with Crippen molar-refractivity contribution >= 4 is 134 Å². The minimum Gasteiger partial charge on any atom is -0.462 e. The first-order valence-electron chi connectivity index (χ1n) is 50.5. The van der Waals surface area contributed by atoms with E-state index in [1.807, 2.05) is 246 Å². The maximum absolute atomic E-state index is 13.7. The quantitative estimate of drug-likeness (QED) is 0.0215. The predicted octanol–water partition coefficient (Wildman–Crippen LogP) is 25.0. The van der Waals surface area contributed by atoms with Crippen LogP contribution in [0.5, 0.6) is 0 Å². The molecule has 8 aromatic rings. The van der Waals surface area contributed by atoms with E-state index in [1.54, 1.807) is 69.1 Å². The van der Waals surface area contributed by atoms with Gasteiger partial charge in [-0.3, -0.25) is 48.5 Å². The van der Waals surface area contributed by atoms with Gasteiger partial charge in [0.15, 0.2) is 5.78 Å². The number of nitriles is 1. The number of ketones is 1. The molecule has 0 N–H and O–H groups in total. The van der Waals surface area contributed by atoms with Crippen molar-refractivity contribution in [2.75, 3.05) is 125 Å². The molecule has 149 heavy (non-hydrogen) atoms. The lowest BCUT2D eigenvalue weighted by atomic mass is 9.86. The summed E-state index contributed by atoms with van der Waals surface area (Å²) in [7, 11) is 10.1.